The Balaban J connectivity index is 1.83. The van der Waals surface area contributed by atoms with Crippen molar-refractivity contribution in [1.82, 2.24) is 4.90 Å². The Labute approximate surface area is 193 Å². The van der Waals surface area contributed by atoms with E-state index in [1.165, 1.54) is 4.90 Å². The molecule has 2 aromatic carbocycles. The van der Waals surface area contributed by atoms with Crippen molar-refractivity contribution in [1.29, 1.82) is 0 Å². The maximum absolute atomic E-state index is 13.2. The third-order valence-electron chi connectivity index (χ3n) is 6.12. The van der Waals surface area contributed by atoms with Crippen LogP contribution in [0.25, 0.3) is 5.76 Å². The van der Waals surface area contributed by atoms with Crippen LogP contribution in [0.3, 0.4) is 0 Å². The number of methoxy groups -OCH3 is 1. The first-order valence-corrected chi connectivity index (χ1v) is 11.2. The van der Waals surface area contributed by atoms with Gasteiger partial charge in [0.05, 0.1) is 31.4 Å². The lowest BCUT2D eigenvalue weighted by Crippen LogP contribution is -2.36. The van der Waals surface area contributed by atoms with Crippen molar-refractivity contribution in [2.24, 2.45) is 0 Å². The molecule has 0 radical (unpaired) electrons. The van der Waals surface area contributed by atoms with Gasteiger partial charge in [0, 0.05) is 18.7 Å². The first-order chi connectivity index (χ1) is 15.9. The quantitative estimate of drug-likeness (QED) is 0.389. The number of ether oxygens (including phenoxy) is 3. The molecule has 2 fully saturated rings. The van der Waals surface area contributed by atoms with Gasteiger partial charge in [-0.15, -0.1) is 0 Å². The summed E-state index contributed by atoms with van der Waals surface area (Å²) >= 11 is 0. The van der Waals surface area contributed by atoms with Crippen LogP contribution in [0.15, 0.2) is 48.0 Å². The highest BCUT2D eigenvalue weighted by Crippen LogP contribution is 2.41. The maximum Gasteiger partial charge on any atom is 0.295 e. The monoisotopic (exact) mass is 451 g/mol. The fraction of sp³-hybridized carbons (Fsp3) is 0.385. The van der Waals surface area contributed by atoms with Gasteiger partial charge >= 0.3 is 0 Å². The number of hydrogen-bond acceptors (Lipinski definition) is 6. The van der Waals surface area contributed by atoms with Gasteiger partial charge in [-0.1, -0.05) is 12.1 Å². The van der Waals surface area contributed by atoms with Crippen molar-refractivity contribution in [3.63, 3.8) is 0 Å². The van der Waals surface area contributed by atoms with E-state index in [0.29, 0.717) is 35.8 Å². The highest BCUT2D eigenvalue weighted by atomic mass is 16.5. The van der Waals surface area contributed by atoms with E-state index < -0.39 is 17.7 Å². The van der Waals surface area contributed by atoms with Crippen molar-refractivity contribution >= 4 is 17.4 Å². The molecule has 2 aliphatic rings. The number of aryl methyl sites for hydroxylation is 1. The third-order valence-corrected chi connectivity index (χ3v) is 6.12. The van der Waals surface area contributed by atoms with Crippen LogP contribution in [0.4, 0.5) is 0 Å². The fourth-order valence-electron chi connectivity index (χ4n) is 4.54. The van der Waals surface area contributed by atoms with Gasteiger partial charge in [-0.05, 0) is 68.1 Å². The van der Waals surface area contributed by atoms with E-state index in [1.807, 2.05) is 38.1 Å². The zero-order valence-corrected chi connectivity index (χ0v) is 19.2. The molecule has 0 spiro atoms. The van der Waals surface area contributed by atoms with Gasteiger partial charge in [0.15, 0.2) is 0 Å². The molecule has 2 aliphatic heterocycles. The van der Waals surface area contributed by atoms with Crippen LogP contribution in [0, 0.1) is 6.92 Å². The van der Waals surface area contributed by atoms with Crippen molar-refractivity contribution in [3.8, 4) is 11.5 Å². The number of aliphatic hydroxyl groups is 1. The summed E-state index contributed by atoms with van der Waals surface area (Å²) in [6, 6.07) is 11.7. The summed E-state index contributed by atoms with van der Waals surface area (Å²) in [5.74, 6) is -0.236. The number of carbonyl (C=O) groups excluding carboxylic acids is 2. The molecule has 33 heavy (non-hydrogen) atoms. The molecule has 2 aromatic rings. The Morgan fingerprint density at radius 1 is 1.21 bits per heavy atom. The summed E-state index contributed by atoms with van der Waals surface area (Å²) in [6.45, 7) is 5.16. The largest absolute Gasteiger partial charge is 0.507 e. The second-order valence-electron chi connectivity index (χ2n) is 8.28. The van der Waals surface area contributed by atoms with E-state index in [1.54, 1.807) is 25.3 Å². The third kappa shape index (κ3) is 4.46. The molecule has 2 heterocycles. The van der Waals surface area contributed by atoms with E-state index in [9.17, 15) is 14.7 Å². The molecule has 7 nitrogen and oxygen atoms in total. The second kappa shape index (κ2) is 9.67. The first kappa shape index (κ1) is 22.9. The number of Topliss-reactive ketones (excluding diaryl/α,β-unsaturated/α-hetero) is 1. The van der Waals surface area contributed by atoms with Gasteiger partial charge in [-0.2, -0.15) is 0 Å². The van der Waals surface area contributed by atoms with Gasteiger partial charge < -0.3 is 24.2 Å². The normalized spacial score (nSPS) is 22.1. The van der Waals surface area contributed by atoms with Gasteiger partial charge in [0.2, 0.25) is 0 Å². The van der Waals surface area contributed by atoms with Gasteiger partial charge in [-0.3, -0.25) is 9.59 Å². The number of aliphatic hydroxyl groups excluding tert-OH is 1. The van der Waals surface area contributed by atoms with E-state index >= 15 is 0 Å². The summed E-state index contributed by atoms with van der Waals surface area (Å²) in [6.07, 6.45) is 1.61. The van der Waals surface area contributed by atoms with E-state index in [-0.39, 0.29) is 24.0 Å². The molecule has 0 bridgehead atoms. The Bertz CT molecular complexity index is 1090. The smallest absolute Gasteiger partial charge is 0.295 e. The number of carbonyl (C=O) groups is 2. The molecule has 2 atom stereocenters. The molecular weight excluding hydrogens is 422 g/mol. The highest BCUT2D eigenvalue weighted by Gasteiger charge is 2.47. The molecular formula is C26H29NO6. The molecule has 1 amide bonds. The number of benzene rings is 2. The Morgan fingerprint density at radius 2 is 2.03 bits per heavy atom. The molecule has 7 heteroatoms. The summed E-state index contributed by atoms with van der Waals surface area (Å²) in [5.41, 5.74) is 2.03. The minimum atomic E-state index is -0.739. The van der Waals surface area contributed by atoms with E-state index in [0.717, 1.165) is 18.4 Å². The van der Waals surface area contributed by atoms with Crippen molar-refractivity contribution in [2.75, 3.05) is 26.9 Å². The van der Waals surface area contributed by atoms with Gasteiger partial charge in [0.25, 0.3) is 11.7 Å². The highest BCUT2D eigenvalue weighted by molar-refractivity contribution is 6.46. The van der Waals surface area contributed by atoms with E-state index in [2.05, 4.69) is 0 Å². The molecule has 0 aromatic heterocycles. The lowest BCUT2D eigenvalue weighted by molar-refractivity contribution is -0.140. The Morgan fingerprint density at radius 3 is 2.70 bits per heavy atom. The number of likely N-dealkylation sites (tertiary alicyclic amines) is 1. The molecule has 0 aliphatic carbocycles. The zero-order chi connectivity index (χ0) is 23.5. The van der Waals surface area contributed by atoms with Gasteiger partial charge in [-0.25, -0.2) is 0 Å². The van der Waals surface area contributed by atoms with Crippen LogP contribution >= 0.6 is 0 Å². The van der Waals surface area contributed by atoms with Crippen LogP contribution in [-0.4, -0.2) is 54.7 Å². The average molecular weight is 452 g/mol. The lowest BCUT2D eigenvalue weighted by atomic mass is 9.94. The average Bonchev–Trinajstić information content (AvgIpc) is 3.41. The van der Waals surface area contributed by atoms with Crippen LogP contribution in [-0.2, 0) is 14.3 Å². The number of ketones is 1. The SMILES string of the molecule is CCOc1cccc(C2/C(=C(\O)c3ccc(OC)c(C)c3)C(=O)C(=O)N2CC2CCCO2)c1. The number of rotatable bonds is 7. The number of amides is 1. The second-order valence-corrected chi connectivity index (χ2v) is 8.28. The number of hydrogen-bond donors (Lipinski definition) is 1. The topological polar surface area (TPSA) is 85.3 Å². The summed E-state index contributed by atoms with van der Waals surface area (Å²) in [5, 5.41) is 11.3. The minimum absolute atomic E-state index is 0.0659. The zero-order valence-electron chi connectivity index (χ0n) is 19.2. The fourth-order valence-corrected chi connectivity index (χ4v) is 4.54. The summed E-state index contributed by atoms with van der Waals surface area (Å²) < 4.78 is 16.7. The van der Waals surface area contributed by atoms with Crippen LogP contribution < -0.4 is 9.47 Å². The van der Waals surface area contributed by atoms with Gasteiger partial charge in [0.1, 0.15) is 17.3 Å². The first-order valence-electron chi connectivity index (χ1n) is 11.2. The molecule has 1 N–H and O–H groups in total. The number of nitrogens with zero attached hydrogens (tertiary/aromatic N) is 1. The summed E-state index contributed by atoms with van der Waals surface area (Å²) in [4.78, 5) is 27.8. The molecule has 2 saturated heterocycles. The minimum Gasteiger partial charge on any atom is -0.507 e. The Kier molecular flexibility index (Phi) is 6.70. The van der Waals surface area contributed by atoms with Crippen molar-refractivity contribution < 1.29 is 28.9 Å². The van der Waals surface area contributed by atoms with E-state index in [4.69, 9.17) is 14.2 Å². The van der Waals surface area contributed by atoms with Crippen molar-refractivity contribution in [2.45, 2.75) is 38.8 Å². The van der Waals surface area contributed by atoms with Crippen LogP contribution in [0.5, 0.6) is 11.5 Å². The Hall–Kier alpha value is -3.32. The lowest BCUT2D eigenvalue weighted by Gasteiger charge is -2.27. The van der Waals surface area contributed by atoms with Crippen LogP contribution in [0.2, 0.25) is 0 Å². The molecule has 174 valence electrons. The van der Waals surface area contributed by atoms with Crippen LogP contribution in [0.1, 0.15) is 42.5 Å². The maximum atomic E-state index is 13.2. The molecule has 2 unspecified atom stereocenters. The van der Waals surface area contributed by atoms with Crippen molar-refractivity contribution in [3.05, 3.63) is 64.7 Å². The summed E-state index contributed by atoms with van der Waals surface area (Å²) in [7, 11) is 1.57. The molecule has 0 saturated carbocycles. The standard InChI is InChI=1S/C26H29NO6/c1-4-32-19-8-5-7-17(14-19)23-22(24(28)18-10-11-21(31-3)16(2)13-18)25(29)26(30)27(23)15-20-9-6-12-33-20/h5,7-8,10-11,13-14,20,23,28H,4,6,9,12,15H2,1-3H3/b24-22+. The predicted octanol–water partition coefficient (Wildman–Crippen LogP) is 4.00. The molecule has 4 rings (SSSR count). The predicted molar refractivity (Wildman–Crippen MR) is 123 cm³/mol.